The van der Waals surface area contributed by atoms with Crippen LogP contribution in [0.1, 0.15) is 37.7 Å². The summed E-state index contributed by atoms with van der Waals surface area (Å²) in [5, 5.41) is 12.3. The Bertz CT molecular complexity index is 576. The van der Waals surface area contributed by atoms with Crippen LogP contribution in [-0.4, -0.2) is 36.0 Å². The molecule has 1 aliphatic carbocycles. The Morgan fingerprint density at radius 1 is 1.36 bits per heavy atom. The standard InChI is InChI=1S/C18H23N3O/c1-18(13-19,16-7-8-16)20-17(22)12-21-10-9-15(11-21)14-5-3-2-4-6-14/h2-6,15-16H,7-12H2,1H3,(H,20,22)/t15-,18-/m1/s1. The molecule has 3 rings (SSSR count). The molecule has 2 atom stereocenters. The molecule has 1 saturated carbocycles. The molecule has 0 aromatic heterocycles. The van der Waals surface area contributed by atoms with Gasteiger partial charge in [-0.3, -0.25) is 9.69 Å². The third kappa shape index (κ3) is 3.31. The second-order valence-corrected chi connectivity index (χ2v) is 6.77. The average Bonchev–Trinajstić information content (AvgIpc) is 3.29. The first-order chi connectivity index (χ1) is 10.6. The first-order valence-electron chi connectivity index (χ1n) is 8.10. The minimum absolute atomic E-state index is 0.0235. The van der Waals surface area contributed by atoms with Gasteiger partial charge in [-0.05, 0) is 50.1 Å². The number of hydrogen-bond donors (Lipinski definition) is 1. The molecule has 1 heterocycles. The van der Waals surface area contributed by atoms with E-state index in [0.717, 1.165) is 32.4 Å². The van der Waals surface area contributed by atoms with Gasteiger partial charge in [0.1, 0.15) is 5.54 Å². The molecule has 4 heteroatoms. The largest absolute Gasteiger partial charge is 0.337 e. The fourth-order valence-electron chi connectivity index (χ4n) is 3.39. The van der Waals surface area contributed by atoms with Crippen LogP contribution in [0.4, 0.5) is 0 Å². The minimum Gasteiger partial charge on any atom is -0.337 e. The van der Waals surface area contributed by atoms with Gasteiger partial charge in [0.25, 0.3) is 0 Å². The molecule has 22 heavy (non-hydrogen) atoms. The molecule has 0 spiro atoms. The van der Waals surface area contributed by atoms with Crippen LogP contribution in [0, 0.1) is 17.2 Å². The second kappa shape index (κ2) is 6.10. The zero-order chi connectivity index (χ0) is 15.6. The first-order valence-corrected chi connectivity index (χ1v) is 8.10. The minimum atomic E-state index is -0.685. The van der Waals surface area contributed by atoms with Crippen molar-refractivity contribution in [3.8, 4) is 6.07 Å². The van der Waals surface area contributed by atoms with Gasteiger partial charge >= 0.3 is 0 Å². The van der Waals surface area contributed by atoms with E-state index in [2.05, 4.69) is 40.6 Å². The van der Waals surface area contributed by atoms with E-state index in [-0.39, 0.29) is 5.91 Å². The van der Waals surface area contributed by atoms with Crippen LogP contribution in [0.3, 0.4) is 0 Å². The molecule has 1 aromatic rings. The Morgan fingerprint density at radius 3 is 2.73 bits per heavy atom. The summed E-state index contributed by atoms with van der Waals surface area (Å²) >= 11 is 0. The zero-order valence-electron chi connectivity index (χ0n) is 13.1. The smallest absolute Gasteiger partial charge is 0.235 e. The van der Waals surface area contributed by atoms with Gasteiger partial charge in [-0.1, -0.05) is 30.3 Å². The van der Waals surface area contributed by atoms with E-state index in [1.807, 2.05) is 13.0 Å². The normalized spacial score (nSPS) is 24.5. The van der Waals surface area contributed by atoms with E-state index < -0.39 is 5.54 Å². The Hall–Kier alpha value is -1.86. The van der Waals surface area contributed by atoms with E-state index in [4.69, 9.17) is 0 Å². The maximum Gasteiger partial charge on any atom is 0.235 e. The molecule has 0 unspecified atom stereocenters. The number of amides is 1. The molecule has 1 aromatic carbocycles. The Morgan fingerprint density at radius 2 is 2.09 bits per heavy atom. The lowest BCUT2D eigenvalue weighted by Crippen LogP contribution is -2.50. The van der Waals surface area contributed by atoms with Gasteiger partial charge in [-0.15, -0.1) is 0 Å². The predicted molar refractivity (Wildman–Crippen MR) is 85.1 cm³/mol. The summed E-state index contributed by atoms with van der Waals surface area (Å²) < 4.78 is 0. The Labute approximate surface area is 132 Å². The SMILES string of the molecule is C[C@](C#N)(NC(=O)CN1CC[C@@H](c2ccccc2)C1)C1CC1. The van der Waals surface area contributed by atoms with Crippen LogP contribution in [-0.2, 0) is 4.79 Å². The molecule has 1 aliphatic heterocycles. The van der Waals surface area contributed by atoms with E-state index >= 15 is 0 Å². The van der Waals surface area contributed by atoms with Gasteiger partial charge in [0.05, 0.1) is 12.6 Å². The number of nitrogens with one attached hydrogen (secondary N) is 1. The molecular weight excluding hydrogens is 274 g/mol. The molecule has 4 nitrogen and oxygen atoms in total. The number of carbonyl (C=O) groups excluding carboxylic acids is 1. The zero-order valence-corrected chi connectivity index (χ0v) is 13.1. The van der Waals surface area contributed by atoms with E-state index in [9.17, 15) is 10.1 Å². The van der Waals surface area contributed by atoms with E-state index in [1.54, 1.807) is 0 Å². The highest BCUT2D eigenvalue weighted by molar-refractivity contribution is 5.79. The molecule has 0 bridgehead atoms. The van der Waals surface area contributed by atoms with Gasteiger partial charge in [-0.25, -0.2) is 0 Å². The summed E-state index contributed by atoms with van der Waals surface area (Å²) in [7, 11) is 0. The van der Waals surface area contributed by atoms with Crippen molar-refractivity contribution >= 4 is 5.91 Å². The maximum absolute atomic E-state index is 12.2. The van der Waals surface area contributed by atoms with Gasteiger partial charge in [0, 0.05) is 6.54 Å². The van der Waals surface area contributed by atoms with Crippen molar-refractivity contribution in [2.24, 2.45) is 5.92 Å². The molecular formula is C18H23N3O. The summed E-state index contributed by atoms with van der Waals surface area (Å²) in [5.41, 5.74) is 0.667. The molecule has 2 fully saturated rings. The predicted octanol–water partition coefficient (Wildman–Crippen LogP) is 2.28. The van der Waals surface area contributed by atoms with Crippen LogP contribution < -0.4 is 5.32 Å². The number of benzene rings is 1. The molecule has 116 valence electrons. The number of nitrogens with zero attached hydrogens (tertiary/aromatic N) is 2. The van der Waals surface area contributed by atoms with Crippen LogP contribution in [0.15, 0.2) is 30.3 Å². The lowest BCUT2D eigenvalue weighted by molar-refractivity contribution is -0.123. The van der Waals surface area contributed by atoms with Gasteiger partial charge < -0.3 is 5.32 Å². The third-order valence-corrected chi connectivity index (χ3v) is 4.94. The molecule has 1 N–H and O–H groups in total. The maximum atomic E-state index is 12.2. The summed E-state index contributed by atoms with van der Waals surface area (Å²) in [4.78, 5) is 14.4. The number of carbonyl (C=O) groups is 1. The molecule has 0 radical (unpaired) electrons. The Kier molecular flexibility index (Phi) is 4.17. The number of rotatable bonds is 5. The lowest BCUT2D eigenvalue weighted by atomic mass is 9.98. The van der Waals surface area contributed by atoms with Crippen molar-refractivity contribution < 1.29 is 4.79 Å². The van der Waals surface area contributed by atoms with Crippen molar-refractivity contribution in [1.82, 2.24) is 10.2 Å². The fraction of sp³-hybridized carbons (Fsp3) is 0.556. The van der Waals surface area contributed by atoms with Crippen LogP contribution >= 0.6 is 0 Å². The molecule has 2 aliphatic rings. The quantitative estimate of drug-likeness (QED) is 0.907. The summed E-state index contributed by atoms with van der Waals surface area (Å²) in [6.45, 7) is 4.11. The van der Waals surface area contributed by atoms with Crippen molar-refractivity contribution in [2.75, 3.05) is 19.6 Å². The second-order valence-electron chi connectivity index (χ2n) is 6.77. The van der Waals surface area contributed by atoms with Gasteiger partial charge in [0.2, 0.25) is 5.91 Å². The van der Waals surface area contributed by atoms with Crippen LogP contribution in [0.2, 0.25) is 0 Å². The van der Waals surface area contributed by atoms with Crippen molar-refractivity contribution in [3.63, 3.8) is 0 Å². The lowest BCUT2D eigenvalue weighted by Gasteiger charge is -2.24. The highest BCUT2D eigenvalue weighted by atomic mass is 16.2. The molecule has 1 saturated heterocycles. The monoisotopic (exact) mass is 297 g/mol. The summed E-state index contributed by atoms with van der Waals surface area (Å²) in [5.74, 6) is 0.821. The Balaban J connectivity index is 1.52. The third-order valence-electron chi connectivity index (χ3n) is 4.94. The van der Waals surface area contributed by atoms with Crippen molar-refractivity contribution in [1.29, 1.82) is 5.26 Å². The summed E-state index contributed by atoms with van der Waals surface area (Å²) in [6, 6.07) is 12.8. The molecule has 1 amide bonds. The van der Waals surface area contributed by atoms with Gasteiger partial charge in [0.15, 0.2) is 0 Å². The topological polar surface area (TPSA) is 56.1 Å². The highest BCUT2D eigenvalue weighted by Gasteiger charge is 2.43. The highest BCUT2D eigenvalue weighted by Crippen LogP contribution is 2.39. The van der Waals surface area contributed by atoms with Gasteiger partial charge in [-0.2, -0.15) is 5.26 Å². The van der Waals surface area contributed by atoms with Crippen LogP contribution in [0.5, 0.6) is 0 Å². The summed E-state index contributed by atoms with van der Waals surface area (Å²) in [6.07, 6.45) is 3.18. The van der Waals surface area contributed by atoms with Crippen LogP contribution in [0.25, 0.3) is 0 Å². The van der Waals surface area contributed by atoms with Crippen molar-refractivity contribution in [2.45, 2.75) is 37.6 Å². The van der Waals surface area contributed by atoms with Crippen molar-refractivity contribution in [3.05, 3.63) is 35.9 Å². The fourth-order valence-corrected chi connectivity index (χ4v) is 3.39. The number of hydrogen-bond acceptors (Lipinski definition) is 3. The average molecular weight is 297 g/mol. The number of likely N-dealkylation sites (tertiary alicyclic amines) is 1. The first kappa shape index (κ1) is 15.1. The van der Waals surface area contributed by atoms with E-state index in [0.29, 0.717) is 18.4 Å². The number of nitriles is 1. The van der Waals surface area contributed by atoms with E-state index in [1.165, 1.54) is 5.56 Å².